The van der Waals surface area contributed by atoms with Gasteiger partial charge >= 0.3 is 29.5 Å². The summed E-state index contributed by atoms with van der Waals surface area (Å²) in [5.74, 6) is -2.11. The van der Waals surface area contributed by atoms with E-state index in [0.29, 0.717) is 11.3 Å². The lowest BCUT2D eigenvalue weighted by molar-refractivity contribution is -0.288. The van der Waals surface area contributed by atoms with E-state index in [0.717, 1.165) is 52.0 Å². The molecule has 14 nitrogen and oxygen atoms in total. The van der Waals surface area contributed by atoms with Crippen LogP contribution < -0.4 is 19.8 Å². The van der Waals surface area contributed by atoms with Crippen molar-refractivity contribution < 1.29 is 61.5 Å². The molecule has 0 bridgehead atoms. The van der Waals surface area contributed by atoms with E-state index in [1.807, 2.05) is 30.3 Å². The van der Waals surface area contributed by atoms with Crippen LogP contribution in [-0.2, 0) is 49.5 Å². The second-order valence-electron chi connectivity index (χ2n) is 12.7. The number of esters is 4. The molecule has 14 heteroatoms. The molecular formula is C37H42O14. The molecule has 1 saturated carbocycles. The zero-order valence-electron chi connectivity index (χ0n) is 29.1. The second-order valence-corrected chi connectivity index (χ2v) is 12.7. The van der Waals surface area contributed by atoms with Gasteiger partial charge in [0.25, 0.3) is 0 Å². The number of carbonyl (C=O) groups is 4. The van der Waals surface area contributed by atoms with Gasteiger partial charge in [-0.2, -0.15) is 0 Å². The largest absolute Gasteiger partial charge is 0.484 e. The summed E-state index contributed by atoms with van der Waals surface area (Å²) in [6.07, 6.45) is -3.56. The van der Waals surface area contributed by atoms with Crippen LogP contribution in [0.25, 0.3) is 11.0 Å². The van der Waals surface area contributed by atoms with Gasteiger partial charge in [-0.1, -0.05) is 37.3 Å². The first-order valence-electron chi connectivity index (χ1n) is 16.8. The van der Waals surface area contributed by atoms with Crippen molar-refractivity contribution in [2.45, 2.75) is 104 Å². The predicted octanol–water partition coefficient (Wildman–Crippen LogP) is 4.79. The molecule has 0 radical (unpaired) electrons. The van der Waals surface area contributed by atoms with Crippen molar-refractivity contribution in [3.05, 3.63) is 64.5 Å². The van der Waals surface area contributed by atoms with E-state index in [2.05, 4.69) is 6.92 Å². The van der Waals surface area contributed by atoms with E-state index in [1.165, 1.54) is 13.0 Å². The molecule has 2 aromatic carbocycles. The summed E-state index contributed by atoms with van der Waals surface area (Å²) in [5, 5.41) is 0.429. The Balaban J connectivity index is 1.51. The van der Waals surface area contributed by atoms with Crippen molar-refractivity contribution in [1.82, 2.24) is 0 Å². The first-order valence-corrected chi connectivity index (χ1v) is 16.8. The molecule has 274 valence electrons. The molecule has 0 amide bonds. The molecule has 2 aliphatic rings. The Kier molecular flexibility index (Phi) is 12.2. The highest BCUT2D eigenvalue weighted by molar-refractivity contribution is 5.86. The number of benzene rings is 2. The third-order valence-corrected chi connectivity index (χ3v) is 8.47. The van der Waals surface area contributed by atoms with Crippen molar-refractivity contribution in [2.24, 2.45) is 5.92 Å². The molecule has 1 aromatic heterocycles. The number of carbonyl (C=O) groups excluding carboxylic acids is 4. The van der Waals surface area contributed by atoms with Crippen molar-refractivity contribution in [1.29, 1.82) is 0 Å². The molecular weight excluding hydrogens is 668 g/mol. The Bertz CT molecular complexity index is 1760. The van der Waals surface area contributed by atoms with Crippen LogP contribution in [0.1, 0.15) is 65.9 Å². The van der Waals surface area contributed by atoms with Gasteiger partial charge in [0.05, 0.1) is 11.5 Å². The molecule has 5 atom stereocenters. The standard InChI is InChI=1S/C37H42O14/c1-20-11-13-26(14-12-20)48-34-31(44-18-25-9-7-6-8-10-25)28-16-15-27(17-29(28)50-36(34)42)49-37-35(47-24(5)41)33(46-23(4)40)32(45-22(3)39)30(51-37)19-43-21(2)38/h6-10,15-17,20,26,30,32-33,35,37H,11-14,18-19H2,1-5H3/t20-,26-,30-,32-,33+,35-,37-/m1/s1. The molecule has 51 heavy (non-hydrogen) atoms. The molecule has 0 unspecified atom stereocenters. The van der Waals surface area contributed by atoms with E-state index in [-0.39, 0.29) is 35.5 Å². The van der Waals surface area contributed by atoms with Gasteiger partial charge in [-0.05, 0) is 49.3 Å². The van der Waals surface area contributed by atoms with E-state index in [9.17, 15) is 24.0 Å². The third-order valence-electron chi connectivity index (χ3n) is 8.47. The van der Waals surface area contributed by atoms with Crippen LogP contribution in [0.15, 0.2) is 57.7 Å². The average molecular weight is 711 g/mol. The molecule has 0 spiro atoms. The van der Waals surface area contributed by atoms with Gasteiger partial charge in [-0.25, -0.2) is 4.79 Å². The van der Waals surface area contributed by atoms with Crippen molar-refractivity contribution in [3.63, 3.8) is 0 Å². The fourth-order valence-electron chi connectivity index (χ4n) is 6.12. The average Bonchev–Trinajstić information content (AvgIpc) is 3.07. The summed E-state index contributed by atoms with van der Waals surface area (Å²) in [5.41, 5.74) is 0.226. The number of rotatable bonds is 12. The van der Waals surface area contributed by atoms with E-state index in [1.54, 1.807) is 12.1 Å². The number of hydrogen-bond donors (Lipinski definition) is 0. The lowest BCUT2D eigenvalue weighted by atomic mass is 9.89. The Morgan fingerprint density at radius 1 is 0.745 bits per heavy atom. The summed E-state index contributed by atoms with van der Waals surface area (Å²) in [7, 11) is 0. The minimum Gasteiger partial charge on any atom is -0.484 e. The maximum Gasteiger partial charge on any atom is 0.383 e. The molecule has 1 aliphatic carbocycles. The van der Waals surface area contributed by atoms with E-state index >= 15 is 0 Å². The van der Waals surface area contributed by atoms with Crippen LogP contribution in [0.2, 0.25) is 0 Å². The Morgan fingerprint density at radius 2 is 1.39 bits per heavy atom. The molecule has 1 saturated heterocycles. The molecule has 3 aromatic rings. The maximum atomic E-state index is 13.5. The van der Waals surface area contributed by atoms with Gasteiger partial charge in [-0.15, -0.1) is 0 Å². The van der Waals surface area contributed by atoms with Crippen LogP contribution in [0.5, 0.6) is 17.2 Å². The van der Waals surface area contributed by atoms with Gasteiger partial charge < -0.3 is 42.3 Å². The van der Waals surface area contributed by atoms with Crippen LogP contribution in [0, 0.1) is 5.92 Å². The highest BCUT2D eigenvalue weighted by Gasteiger charge is 2.53. The molecule has 0 N–H and O–H groups in total. The fourth-order valence-corrected chi connectivity index (χ4v) is 6.12. The number of ether oxygens (including phenoxy) is 8. The summed E-state index contributed by atoms with van der Waals surface area (Å²) in [6, 6.07) is 14.1. The minimum atomic E-state index is -1.49. The van der Waals surface area contributed by atoms with E-state index < -0.39 is 66.8 Å². The number of hydrogen-bond acceptors (Lipinski definition) is 14. The summed E-state index contributed by atoms with van der Waals surface area (Å²) in [6.45, 7) is 6.48. The zero-order valence-corrected chi connectivity index (χ0v) is 29.1. The van der Waals surface area contributed by atoms with E-state index in [4.69, 9.17) is 42.3 Å². The van der Waals surface area contributed by atoms with Gasteiger partial charge in [0.1, 0.15) is 30.7 Å². The normalized spacial score (nSPS) is 24.5. The van der Waals surface area contributed by atoms with Gasteiger partial charge in [-0.3, -0.25) is 19.2 Å². The lowest BCUT2D eigenvalue weighted by Crippen LogP contribution is -2.63. The van der Waals surface area contributed by atoms with Crippen molar-refractivity contribution in [3.8, 4) is 17.2 Å². The van der Waals surface area contributed by atoms with Crippen molar-refractivity contribution in [2.75, 3.05) is 6.61 Å². The SMILES string of the molecule is CC(=O)OC[C@H]1O[C@@H](Oc2ccc3c(OCc4ccccc4)c(O[C@H]4CC[C@H](C)CC4)c(=O)oc3c2)[C@H](OC(C)=O)[C@@H](OC(C)=O)[C@@H]1OC(C)=O. The molecule has 2 heterocycles. The van der Waals surface area contributed by atoms with Crippen LogP contribution in [-0.4, -0.2) is 67.3 Å². The predicted molar refractivity (Wildman–Crippen MR) is 178 cm³/mol. The minimum absolute atomic E-state index is 0.0220. The maximum absolute atomic E-state index is 13.5. The molecule has 2 fully saturated rings. The highest BCUT2D eigenvalue weighted by atomic mass is 16.7. The monoisotopic (exact) mass is 710 g/mol. The Labute approximate surface area is 294 Å². The summed E-state index contributed by atoms with van der Waals surface area (Å²) >= 11 is 0. The second kappa shape index (κ2) is 16.7. The first kappa shape index (κ1) is 37.2. The lowest BCUT2D eigenvalue weighted by Gasteiger charge is -2.43. The van der Waals surface area contributed by atoms with Gasteiger partial charge in [0, 0.05) is 33.8 Å². The van der Waals surface area contributed by atoms with Crippen molar-refractivity contribution >= 4 is 34.8 Å². The van der Waals surface area contributed by atoms with Gasteiger partial charge in [0.15, 0.2) is 18.0 Å². The molecule has 5 rings (SSSR count). The molecule has 1 aliphatic heterocycles. The van der Waals surface area contributed by atoms with Gasteiger partial charge in [0.2, 0.25) is 18.1 Å². The Hall–Kier alpha value is -5.11. The quantitative estimate of drug-likeness (QED) is 0.143. The number of fused-ring (bicyclic) bond motifs is 1. The smallest absolute Gasteiger partial charge is 0.383 e. The first-order chi connectivity index (χ1) is 24.4. The van der Waals surface area contributed by atoms with Crippen LogP contribution >= 0.6 is 0 Å². The topological polar surface area (TPSA) is 172 Å². The van der Waals surface area contributed by atoms with Crippen LogP contribution in [0.3, 0.4) is 0 Å². The Morgan fingerprint density at radius 3 is 2.04 bits per heavy atom. The fraction of sp³-hybridized carbons (Fsp3) is 0.486. The highest BCUT2D eigenvalue weighted by Crippen LogP contribution is 2.38. The summed E-state index contributed by atoms with van der Waals surface area (Å²) in [4.78, 5) is 61.7. The summed E-state index contributed by atoms with van der Waals surface area (Å²) < 4.78 is 52.0. The zero-order chi connectivity index (χ0) is 36.7. The third kappa shape index (κ3) is 9.78. The van der Waals surface area contributed by atoms with Crippen LogP contribution in [0.4, 0.5) is 0 Å².